The van der Waals surface area contributed by atoms with E-state index in [4.69, 9.17) is 10.00 Å². The van der Waals surface area contributed by atoms with Crippen LogP contribution in [-0.4, -0.2) is 11.9 Å². The molecular formula is C12H14BrNO. The van der Waals surface area contributed by atoms with Gasteiger partial charge in [0.1, 0.15) is 5.75 Å². The Morgan fingerprint density at radius 2 is 2.20 bits per heavy atom. The Morgan fingerprint density at radius 1 is 1.47 bits per heavy atom. The van der Waals surface area contributed by atoms with Crippen LogP contribution in [-0.2, 0) is 0 Å². The van der Waals surface area contributed by atoms with Crippen molar-refractivity contribution < 1.29 is 4.74 Å². The third-order valence-corrected chi connectivity index (χ3v) is 3.47. The van der Waals surface area contributed by atoms with Crippen molar-refractivity contribution in [3.63, 3.8) is 0 Å². The lowest BCUT2D eigenvalue weighted by atomic mass is 9.98. The van der Waals surface area contributed by atoms with Gasteiger partial charge in [-0.3, -0.25) is 0 Å². The minimum absolute atomic E-state index is 0.0998. The summed E-state index contributed by atoms with van der Waals surface area (Å²) < 4.78 is 5.62. The largest absolute Gasteiger partial charge is 0.493 e. The van der Waals surface area contributed by atoms with Gasteiger partial charge in [0.15, 0.2) is 0 Å². The highest BCUT2D eigenvalue weighted by Gasteiger charge is 2.16. The Balaban J connectivity index is 2.62. The van der Waals surface area contributed by atoms with Crippen molar-refractivity contribution in [3.05, 3.63) is 29.8 Å². The fraction of sp³-hybridized carbons (Fsp3) is 0.417. The quantitative estimate of drug-likeness (QED) is 0.784. The van der Waals surface area contributed by atoms with Crippen LogP contribution >= 0.6 is 15.9 Å². The van der Waals surface area contributed by atoms with Gasteiger partial charge in [0.2, 0.25) is 0 Å². The van der Waals surface area contributed by atoms with E-state index in [2.05, 4.69) is 35.8 Å². The molecule has 0 saturated carbocycles. The summed E-state index contributed by atoms with van der Waals surface area (Å²) in [6.07, 6.45) is 0. The molecule has 0 aliphatic rings. The van der Waals surface area contributed by atoms with Gasteiger partial charge in [-0.15, -0.1) is 0 Å². The summed E-state index contributed by atoms with van der Waals surface area (Å²) in [5.74, 6) is 0.753. The van der Waals surface area contributed by atoms with E-state index in [1.807, 2.05) is 12.1 Å². The van der Waals surface area contributed by atoms with Gasteiger partial charge in [-0.1, -0.05) is 35.8 Å². The maximum Gasteiger partial charge on any atom is 0.120 e. The number of alkyl halides is 1. The van der Waals surface area contributed by atoms with Crippen LogP contribution in [0.5, 0.6) is 5.75 Å². The summed E-state index contributed by atoms with van der Waals surface area (Å²) in [6, 6.07) is 9.30. The average Bonchev–Trinajstić information content (AvgIpc) is 2.27. The van der Waals surface area contributed by atoms with E-state index in [-0.39, 0.29) is 5.41 Å². The fourth-order valence-electron chi connectivity index (χ4n) is 0.973. The Hall–Kier alpha value is -1.01. The SMILES string of the molecule is CC(C)(CBr)COc1cccc(C#N)c1. The molecule has 0 aromatic heterocycles. The molecule has 0 saturated heterocycles. The van der Waals surface area contributed by atoms with Crippen molar-refractivity contribution >= 4 is 15.9 Å². The molecule has 0 amide bonds. The second kappa shape index (κ2) is 5.18. The lowest BCUT2D eigenvalue weighted by Crippen LogP contribution is -2.22. The first-order chi connectivity index (χ1) is 7.07. The lowest BCUT2D eigenvalue weighted by molar-refractivity contribution is 0.203. The highest BCUT2D eigenvalue weighted by atomic mass is 79.9. The van der Waals surface area contributed by atoms with Gasteiger partial charge in [0.05, 0.1) is 18.2 Å². The third-order valence-electron chi connectivity index (χ3n) is 1.95. The van der Waals surface area contributed by atoms with Gasteiger partial charge in [0.25, 0.3) is 0 Å². The molecule has 0 spiro atoms. The van der Waals surface area contributed by atoms with Crippen molar-refractivity contribution in [1.29, 1.82) is 5.26 Å². The van der Waals surface area contributed by atoms with Crippen LogP contribution in [0.25, 0.3) is 0 Å². The van der Waals surface area contributed by atoms with Crippen LogP contribution in [0.1, 0.15) is 19.4 Å². The minimum Gasteiger partial charge on any atom is -0.493 e. The van der Waals surface area contributed by atoms with Crippen LogP contribution in [0.3, 0.4) is 0 Å². The maximum absolute atomic E-state index is 8.72. The summed E-state index contributed by atoms with van der Waals surface area (Å²) in [4.78, 5) is 0. The zero-order chi connectivity index (χ0) is 11.3. The molecule has 0 heterocycles. The number of benzene rings is 1. The molecule has 0 bridgehead atoms. The first-order valence-corrected chi connectivity index (χ1v) is 5.88. The maximum atomic E-state index is 8.72. The average molecular weight is 268 g/mol. The lowest BCUT2D eigenvalue weighted by Gasteiger charge is -2.21. The number of halogens is 1. The van der Waals surface area contributed by atoms with Gasteiger partial charge in [-0.05, 0) is 18.2 Å². The first kappa shape index (κ1) is 12.1. The highest BCUT2D eigenvalue weighted by Crippen LogP contribution is 2.21. The van der Waals surface area contributed by atoms with E-state index >= 15 is 0 Å². The van der Waals surface area contributed by atoms with Gasteiger partial charge < -0.3 is 4.74 Å². The van der Waals surface area contributed by atoms with Crippen molar-refractivity contribution in [2.24, 2.45) is 5.41 Å². The van der Waals surface area contributed by atoms with E-state index in [0.29, 0.717) is 12.2 Å². The number of nitriles is 1. The van der Waals surface area contributed by atoms with E-state index in [1.165, 1.54) is 0 Å². The standard InChI is InChI=1S/C12H14BrNO/c1-12(2,8-13)9-15-11-5-3-4-10(6-11)7-14/h3-6H,8-9H2,1-2H3. The molecule has 80 valence electrons. The van der Waals surface area contributed by atoms with E-state index in [9.17, 15) is 0 Å². The van der Waals surface area contributed by atoms with Crippen molar-refractivity contribution in [2.45, 2.75) is 13.8 Å². The fourth-order valence-corrected chi connectivity index (χ4v) is 1.13. The molecule has 3 heteroatoms. The van der Waals surface area contributed by atoms with Gasteiger partial charge >= 0.3 is 0 Å². The van der Waals surface area contributed by atoms with Crippen LogP contribution < -0.4 is 4.74 Å². The zero-order valence-corrected chi connectivity index (χ0v) is 10.5. The summed E-state index contributed by atoms with van der Waals surface area (Å²) >= 11 is 3.44. The molecule has 0 aliphatic heterocycles. The topological polar surface area (TPSA) is 33.0 Å². The smallest absolute Gasteiger partial charge is 0.120 e. The second-order valence-corrected chi connectivity index (χ2v) is 4.79. The molecule has 0 radical (unpaired) electrons. The summed E-state index contributed by atoms with van der Waals surface area (Å²) in [5.41, 5.74) is 0.729. The molecule has 0 aliphatic carbocycles. The Morgan fingerprint density at radius 3 is 2.80 bits per heavy atom. The molecular weight excluding hydrogens is 254 g/mol. The highest BCUT2D eigenvalue weighted by molar-refractivity contribution is 9.09. The van der Waals surface area contributed by atoms with Gasteiger partial charge in [-0.2, -0.15) is 5.26 Å². The molecule has 0 N–H and O–H groups in total. The Kier molecular flexibility index (Phi) is 4.16. The molecule has 1 rings (SSSR count). The van der Waals surface area contributed by atoms with Crippen molar-refractivity contribution in [3.8, 4) is 11.8 Å². The predicted octanol–water partition coefficient (Wildman–Crippen LogP) is 3.36. The summed E-state index contributed by atoms with van der Waals surface area (Å²) in [5, 5.41) is 9.61. The molecule has 0 unspecified atom stereocenters. The molecule has 0 atom stereocenters. The Bertz CT molecular complexity index is 368. The van der Waals surface area contributed by atoms with Crippen molar-refractivity contribution in [1.82, 2.24) is 0 Å². The third kappa shape index (κ3) is 3.93. The number of hydrogen-bond acceptors (Lipinski definition) is 2. The monoisotopic (exact) mass is 267 g/mol. The molecule has 1 aromatic rings. The number of rotatable bonds is 4. The van der Waals surface area contributed by atoms with Gasteiger partial charge in [-0.25, -0.2) is 0 Å². The van der Waals surface area contributed by atoms with Crippen LogP contribution in [0.15, 0.2) is 24.3 Å². The van der Waals surface area contributed by atoms with Crippen LogP contribution in [0, 0.1) is 16.7 Å². The molecule has 2 nitrogen and oxygen atoms in total. The number of ether oxygens (including phenoxy) is 1. The zero-order valence-electron chi connectivity index (χ0n) is 8.96. The normalized spacial score (nSPS) is 10.8. The van der Waals surface area contributed by atoms with Crippen LogP contribution in [0.4, 0.5) is 0 Å². The van der Waals surface area contributed by atoms with E-state index < -0.39 is 0 Å². The molecule has 0 fully saturated rings. The van der Waals surface area contributed by atoms with Crippen molar-refractivity contribution in [2.75, 3.05) is 11.9 Å². The van der Waals surface area contributed by atoms with Gasteiger partial charge in [0, 0.05) is 10.7 Å². The number of hydrogen-bond donors (Lipinski definition) is 0. The number of nitrogens with zero attached hydrogens (tertiary/aromatic N) is 1. The van der Waals surface area contributed by atoms with E-state index in [1.54, 1.807) is 12.1 Å². The second-order valence-electron chi connectivity index (χ2n) is 4.23. The summed E-state index contributed by atoms with van der Waals surface area (Å²) in [6.45, 7) is 4.87. The van der Waals surface area contributed by atoms with E-state index in [0.717, 1.165) is 11.1 Å². The molecule has 15 heavy (non-hydrogen) atoms. The molecule has 1 aromatic carbocycles. The Labute approximate surface area is 99.0 Å². The minimum atomic E-state index is 0.0998. The predicted molar refractivity (Wildman–Crippen MR) is 64.2 cm³/mol. The first-order valence-electron chi connectivity index (χ1n) is 4.76. The van der Waals surface area contributed by atoms with Crippen LogP contribution in [0.2, 0.25) is 0 Å². The summed E-state index contributed by atoms with van der Waals surface area (Å²) in [7, 11) is 0.